The molecule has 0 spiro atoms. The summed E-state index contributed by atoms with van der Waals surface area (Å²) in [5.74, 6) is -0.0811. The van der Waals surface area contributed by atoms with Gasteiger partial charge in [0.25, 0.3) is 0 Å². The fraction of sp³-hybridized carbons (Fsp3) is 0.385. The number of rotatable bonds is 6. The van der Waals surface area contributed by atoms with E-state index in [4.69, 9.17) is 0 Å². The van der Waals surface area contributed by atoms with E-state index in [9.17, 15) is 13.2 Å². The van der Waals surface area contributed by atoms with Crippen molar-refractivity contribution < 1.29 is 17.9 Å². The predicted octanol–water partition coefficient (Wildman–Crippen LogP) is 1.26. The van der Waals surface area contributed by atoms with Crippen molar-refractivity contribution in [3.63, 3.8) is 0 Å². The molecule has 2 heterocycles. The average Bonchev–Trinajstić information content (AvgIpc) is 3.13. The highest BCUT2D eigenvalue weighted by atomic mass is 32.2. The molecule has 0 radical (unpaired) electrons. The van der Waals surface area contributed by atoms with E-state index in [2.05, 4.69) is 24.4 Å². The lowest BCUT2D eigenvalue weighted by Gasteiger charge is -2.14. The van der Waals surface area contributed by atoms with Crippen LogP contribution >= 0.6 is 0 Å². The predicted molar refractivity (Wildman–Crippen MR) is 78.8 cm³/mol. The molecule has 0 amide bonds. The number of nitrogens with zero attached hydrogens (tertiary/aromatic N) is 1. The molecule has 0 aliphatic carbocycles. The van der Waals surface area contributed by atoms with Crippen LogP contribution < -0.4 is 4.72 Å². The largest absolute Gasteiger partial charge is 0.464 e. The van der Waals surface area contributed by atoms with Gasteiger partial charge in [0, 0.05) is 18.1 Å². The topological polar surface area (TPSA) is 117 Å². The second kappa shape index (κ2) is 6.32. The Morgan fingerprint density at radius 3 is 2.77 bits per heavy atom. The number of carbonyl (C=O) groups is 1. The van der Waals surface area contributed by atoms with Crippen LogP contribution in [0, 0.1) is 6.92 Å². The molecular weight excluding hydrogens is 308 g/mol. The lowest BCUT2D eigenvalue weighted by atomic mass is 10.2. The first-order valence-corrected chi connectivity index (χ1v) is 8.16. The summed E-state index contributed by atoms with van der Waals surface area (Å²) in [5, 5.41) is 0. The molecule has 2 aromatic heterocycles. The number of imidazole rings is 1. The standard InChI is InChI=1S/C13H18N4O4S/c1-4-10(12-15-6-8(2)16-12)17-22(19,20)9-5-11(14-7-9)13(18)21-3/h5-7,10,14,17H,4H2,1-3H3,(H,15,16). The van der Waals surface area contributed by atoms with E-state index in [0.29, 0.717) is 12.2 Å². The Hall–Kier alpha value is -2.13. The van der Waals surface area contributed by atoms with Crippen LogP contribution in [0.25, 0.3) is 0 Å². The average molecular weight is 326 g/mol. The molecule has 1 atom stereocenters. The molecule has 1 unspecified atom stereocenters. The van der Waals surface area contributed by atoms with E-state index in [1.54, 1.807) is 6.20 Å². The third-order valence-corrected chi connectivity index (χ3v) is 4.58. The minimum absolute atomic E-state index is 0.0328. The molecule has 0 bridgehead atoms. The number of H-pyrrole nitrogens is 2. The van der Waals surface area contributed by atoms with Crippen LogP contribution in [0.4, 0.5) is 0 Å². The first-order valence-electron chi connectivity index (χ1n) is 6.68. The van der Waals surface area contributed by atoms with Crippen molar-refractivity contribution in [1.29, 1.82) is 0 Å². The summed E-state index contributed by atoms with van der Waals surface area (Å²) in [6.45, 7) is 3.69. The van der Waals surface area contributed by atoms with Gasteiger partial charge in [-0.1, -0.05) is 6.92 Å². The molecule has 2 rings (SSSR count). The number of nitrogens with one attached hydrogen (secondary N) is 3. The normalized spacial score (nSPS) is 13.0. The maximum Gasteiger partial charge on any atom is 0.354 e. The quantitative estimate of drug-likeness (QED) is 0.691. The smallest absolute Gasteiger partial charge is 0.354 e. The van der Waals surface area contributed by atoms with Crippen molar-refractivity contribution in [2.24, 2.45) is 0 Å². The summed E-state index contributed by atoms with van der Waals surface area (Å²) >= 11 is 0. The van der Waals surface area contributed by atoms with Gasteiger partial charge in [0.1, 0.15) is 16.4 Å². The Bertz CT molecular complexity index is 763. The second-order valence-electron chi connectivity index (χ2n) is 4.77. The molecule has 0 fully saturated rings. The first kappa shape index (κ1) is 16.2. The number of aryl methyl sites for hydroxylation is 1. The van der Waals surface area contributed by atoms with E-state index in [-0.39, 0.29) is 10.6 Å². The Morgan fingerprint density at radius 1 is 1.50 bits per heavy atom. The molecule has 3 N–H and O–H groups in total. The summed E-state index contributed by atoms with van der Waals surface area (Å²) in [7, 11) is -2.56. The highest BCUT2D eigenvalue weighted by molar-refractivity contribution is 7.89. The summed E-state index contributed by atoms with van der Waals surface area (Å²) in [6, 6.07) is 0.754. The zero-order valence-corrected chi connectivity index (χ0v) is 13.3. The van der Waals surface area contributed by atoms with Crippen molar-refractivity contribution >= 4 is 16.0 Å². The van der Waals surface area contributed by atoms with Gasteiger partial charge in [-0.05, 0) is 19.4 Å². The zero-order chi connectivity index (χ0) is 16.3. The second-order valence-corrected chi connectivity index (χ2v) is 6.49. The molecule has 0 saturated heterocycles. The van der Waals surface area contributed by atoms with Gasteiger partial charge in [-0.3, -0.25) is 0 Å². The van der Waals surface area contributed by atoms with Gasteiger partial charge in [-0.15, -0.1) is 0 Å². The molecule has 8 nitrogen and oxygen atoms in total. The van der Waals surface area contributed by atoms with E-state index in [0.717, 1.165) is 5.69 Å². The van der Waals surface area contributed by atoms with E-state index >= 15 is 0 Å². The van der Waals surface area contributed by atoms with Gasteiger partial charge in [0.15, 0.2) is 0 Å². The zero-order valence-electron chi connectivity index (χ0n) is 12.5. The van der Waals surface area contributed by atoms with E-state index in [1.165, 1.54) is 19.4 Å². The molecule has 22 heavy (non-hydrogen) atoms. The summed E-state index contributed by atoms with van der Waals surface area (Å²) in [5.41, 5.74) is 0.923. The lowest BCUT2D eigenvalue weighted by Crippen LogP contribution is -2.28. The number of aromatic nitrogens is 3. The minimum atomic E-state index is -3.78. The van der Waals surface area contributed by atoms with Crippen molar-refractivity contribution in [1.82, 2.24) is 19.7 Å². The van der Waals surface area contributed by atoms with Crippen LogP contribution in [0.5, 0.6) is 0 Å². The molecular formula is C13H18N4O4S. The van der Waals surface area contributed by atoms with Gasteiger partial charge in [-0.2, -0.15) is 0 Å². The third-order valence-electron chi connectivity index (χ3n) is 3.13. The van der Waals surface area contributed by atoms with Crippen LogP contribution in [0.2, 0.25) is 0 Å². The molecule has 0 aromatic carbocycles. The fourth-order valence-corrected chi connectivity index (χ4v) is 3.23. The number of hydrogen-bond donors (Lipinski definition) is 3. The highest BCUT2D eigenvalue weighted by Crippen LogP contribution is 2.18. The minimum Gasteiger partial charge on any atom is -0.464 e. The van der Waals surface area contributed by atoms with Crippen LogP contribution in [0.1, 0.15) is 41.4 Å². The first-order chi connectivity index (χ1) is 10.4. The van der Waals surface area contributed by atoms with E-state index < -0.39 is 22.0 Å². The highest BCUT2D eigenvalue weighted by Gasteiger charge is 2.24. The van der Waals surface area contributed by atoms with Crippen LogP contribution in [-0.4, -0.2) is 36.4 Å². The van der Waals surface area contributed by atoms with Crippen molar-refractivity contribution in [2.45, 2.75) is 31.2 Å². The SMILES string of the molecule is CCC(NS(=O)(=O)c1c[nH]c(C(=O)OC)c1)c1ncc(C)[nH]1. The summed E-state index contributed by atoms with van der Waals surface area (Å²) in [4.78, 5) is 21.1. The number of ether oxygens (including phenoxy) is 1. The van der Waals surface area contributed by atoms with Gasteiger partial charge in [0.05, 0.1) is 13.2 Å². The number of carbonyl (C=O) groups excluding carboxylic acids is 1. The molecule has 9 heteroatoms. The summed E-state index contributed by atoms with van der Waals surface area (Å²) in [6.07, 6.45) is 3.41. The fourth-order valence-electron chi connectivity index (χ4n) is 1.96. The molecule has 2 aromatic rings. The van der Waals surface area contributed by atoms with Crippen LogP contribution in [0.15, 0.2) is 23.4 Å². The molecule has 0 saturated carbocycles. The van der Waals surface area contributed by atoms with Gasteiger partial charge in [-0.25, -0.2) is 22.9 Å². The number of hydrogen-bond acceptors (Lipinski definition) is 5. The van der Waals surface area contributed by atoms with Crippen LogP contribution in [-0.2, 0) is 14.8 Å². The Balaban J connectivity index is 2.22. The van der Waals surface area contributed by atoms with Crippen molar-refractivity contribution in [3.8, 4) is 0 Å². The Morgan fingerprint density at radius 2 is 2.23 bits per heavy atom. The monoisotopic (exact) mass is 326 g/mol. The Labute approximate surface area is 128 Å². The van der Waals surface area contributed by atoms with Crippen LogP contribution in [0.3, 0.4) is 0 Å². The van der Waals surface area contributed by atoms with Crippen molar-refractivity contribution in [3.05, 3.63) is 35.7 Å². The maximum atomic E-state index is 12.4. The number of aromatic amines is 2. The number of sulfonamides is 1. The van der Waals surface area contributed by atoms with E-state index in [1.807, 2.05) is 13.8 Å². The van der Waals surface area contributed by atoms with Gasteiger partial charge in [0.2, 0.25) is 10.0 Å². The molecule has 120 valence electrons. The third kappa shape index (κ3) is 3.37. The lowest BCUT2D eigenvalue weighted by molar-refractivity contribution is 0.0595. The number of methoxy groups -OCH3 is 1. The number of esters is 1. The molecule has 0 aliphatic heterocycles. The van der Waals surface area contributed by atoms with Gasteiger partial charge < -0.3 is 14.7 Å². The van der Waals surface area contributed by atoms with Crippen molar-refractivity contribution in [2.75, 3.05) is 7.11 Å². The molecule has 0 aliphatic rings. The Kier molecular flexibility index (Phi) is 4.67. The van der Waals surface area contributed by atoms with Gasteiger partial charge >= 0.3 is 5.97 Å². The maximum absolute atomic E-state index is 12.4. The summed E-state index contributed by atoms with van der Waals surface area (Å²) < 4.78 is 31.9.